The zero-order valence-corrected chi connectivity index (χ0v) is 22.2. The molecule has 0 bridgehead atoms. The van der Waals surface area contributed by atoms with Crippen LogP contribution in [-0.4, -0.2) is 47.8 Å². The number of aryl methyl sites for hydroxylation is 3. The molecule has 1 aromatic heterocycles. The van der Waals surface area contributed by atoms with E-state index in [2.05, 4.69) is 71.5 Å². The lowest BCUT2D eigenvalue weighted by Gasteiger charge is -2.28. The van der Waals surface area contributed by atoms with Crippen LogP contribution in [0.4, 0.5) is 5.95 Å². The molecule has 1 aliphatic rings. The summed E-state index contributed by atoms with van der Waals surface area (Å²) in [5.41, 5.74) is 8.24. The molecule has 2 heterocycles. The molecule has 3 N–H and O–H groups in total. The molecule has 1 saturated heterocycles. The highest BCUT2D eigenvalue weighted by molar-refractivity contribution is 7.89. The summed E-state index contributed by atoms with van der Waals surface area (Å²) in [6.07, 6.45) is 2.71. The van der Waals surface area contributed by atoms with Gasteiger partial charge < -0.3 is 5.32 Å². The normalized spacial score (nSPS) is 15.2. The highest BCUT2D eigenvalue weighted by Crippen LogP contribution is 2.31. The summed E-state index contributed by atoms with van der Waals surface area (Å²) in [7, 11) is -3.77. The Labute approximate surface area is 218 Å². The molecular weight excluding hydrogens is 484 g/mol. The molecule has 192 valence electrons. The van der Waals surface area contributed by atoms with E-state index in [0.29, 0.717) is 12.4 Å². The van der Waals surface area contributed by atoms with E-state index in [4.69, 9.17) is 10.1 Å². The van der Waals surface area contributed by atoms with Gasteiger partial charge in [0.15, 0.2) is 0 Å². The van der Waals surface area contributed by atoms with Crippen molar-refractivity contribution in [1.29, 1.82) is 0 Å². The molecule has 9 heteroatoms. The molecule has 0 saturated carbocycles. The van der Waals surface area contributed by atoms with Crippen LogP contribution in [0.5, 0.6) is 0 Å². The molecule has 5 rings (SSSR count). The standard InChI is InChI=1S/C28H32N6O2S/c1-18-8-6-9-19(2)26(18)22-14-20(3)27-24(17-22)32-33-28(31-27)30-25(34-12-4-5-13-34)16-21-10-7-11-23(15-21)37(29,35)36/h6-11,14-15,17,25H,4-5,12-13,16H2,1-3H3,(H2,29,35,36)(H,30,31,33). The summed E-state index contributed by atoms with van der Waals surface area (Å²) in [5, 5.41) is 17.8. The van der Waals surface area contributed by atoms with Gasteiger partial charge in [-0.05, 0) is 91.3 Å². The summed E-state index contributed by atoms with van der Waals surface area (Å²) in [4.78, 5) is 7.29. The number of hydrogen-bond donors (Lipinski definition) is 2. The van der Waals surface area contributed by atoms with Crippen LogP contribution in [0.2, 0.25) is 0 Å². The number of likely N-dealkylation sites (tertiary alicyclic amines) is 1. The molecule has 0 radical (unpaired) electrons. The van der Waals surface area contributed by atoms with Crippen LogP contribution in [-0.2, 0) is 16.4 Å². The molecule has 4 aromatic rings. The first-order chi connectivity index (χ1) is 17.7. The van der Waals surface area contributed by atoms with Crippen molar-refractivity contribution in [1.82, 2.24) is 20.1 Å². The minimum Gasteiger partial charge on any atom is -0.337 e. The Hall–Kier alpha value is -3.40. The monoisotopic (exact) mass is 516 g/mol. The van der Waals surface area contributed by atoms with Crippen molar-refractivity contribution in [2.75, 3.05) is 18.4 Å². The Bertz CT molecular complexity index is 1540. The number of nitrogens with two attached hydrogens (primary N) is 1. The van der Waals surface area contributed by atoms with Crippen molar-refractivity contribution in [3.63, 3.8) is 0 Å². The Morgan fingerprint density at radius 3 is 2.35 bits per heavy atom. The van der Waals surface area contributed by atoms with E-state index in [0.717, 1.165) is 53.7 Å². The lowest BCUT2D eigenvalue weighted by molar-refractivity contribution is 0.264. The van der Waals surface area contributed by atoms with Crippen molar-refractivity contribution in [3.05, 3.63) is 76.9 Å². The third-order valence-electron chi connectivity index (χ3n) is 7.05. The fraction of sp³-hybridized carbons (Fsp3) is 0.321. The Morgan fingerprint density at radius 1 is 0.946 bits per heavy atom. The van der Waals surface area contributed by atoms with Gasteiger partial charge in [-0.15, -0.1) is 10.2 Å². The molecule has 1 fully saturated rings. The molecule has 1 aliphatic heterocycles. The first-order valence-corrected chi connectivity index (χ1v) is 14.1. The molecule has 37 heavy (non-hydrogen) atoms. The van der Waals surface area contributed by atoms with Crippen molar-refractivity contribution in [3.8, 4) is 11.1 Å². The summed E-state index contributed by atoms with van der Waals surface area (Å²) in [6.45, 7) is 8.19. The predicted molar refractivity (Wildman–Crippen MR) is 147 cm³/mol. The van der Waals surface area contributed by atoms with Gasteiger partial charge in [0.1, 0.15) is 5.52 Å². The van der Waals surface area contributed by atoms with Gasteiger partial charge in [0.2, 0.25) is 16.0 Å². The molecule has 3 aromatic carbocycles. The highest BCUT2D eigenvalue weighted by Gasteiger charge is 2.24. The summed E-state index contributed by atoms with van der Waals surface area (Å²) in [6, 6.07) is 17.3. The molecule has 1 atom stereocenters. The maximum absolute atomic E-state index is 11.8. The molecule has 0 amide bonds. The number of hydrogen-bond acceptors (Lipinski definition) is 7. The zero-order chi connectivity index (χ0) is 26.2. The Kier molecular flexibility index (Phi) is 6.94. The van der Waals surface area contributed by atoms with E-state index in [1.165, 1.54) is 22.8 Å². The van der Waals surface area contributed by atoms with Gasteiger partial charge in [-0.2, -0.15) is 0 Å². The van der Waals surface area contributed by atoms with Gasteiger partial charge >= 0.3 is 0 Å². The van der Waals surface area contributed by atoms with E-state index < -0.39 is 10.0 Å². The van der Waals surface area contributed by atoms with Crippen LogP contribution in [0.15, 0.2) is 59.5 Å². The Balaban J connectivity index is 1.46. The minimum absolute atomic E-state index is 0.105. The summed E-state index contributed by atoms with van der Waals surface area (Å²) >= 11 is 0. The average Bonchev–Trinajstić information content (AvgIpc) is 3.39. The fourth-order valence-electron chi connectivity index (χ4n) is 5.23. The third-order valence-corrected chi connectivity index (χ3v) is 7.96. The fourth-order valence-corrected chi connectivity index (χ4v) is 5.82. The lowest BCUT2D eigenvalue weighted by atomic mass is 9.94. The maximum atomic E-state index is 11.8. The lowest BCUT2D eigenvalue weighted by Crippen LogP contribution is -2.41. The number of fused-ring (bicyclic) bond motifs is 1. The highest BCUT2D eigenvalue weighted by atomic mass is 32.2. The van der Waals surface area contributed by atoms with Gasteiger partial charge in [-0.1, -0.05) is 30.3 Å². The maximum Gasteiger partial charge on any atom is 0.244 e. The van der Waals surface area contributed by atoms with Gasteiger partial charge in [0.25, 0.3) is 0 Å². The molecule has 8 nitrogen and oxygen atoms in total. The van der Waals surface area contributed by atoms with Crippen molar-refractivity contribution >= 4 is 27.0 Å². The van der Waals surface area contributed by atoms with Crippen LogP contribution in [0.3, 0.4) is 0 Å². The van der Waals surface area contributed by atoms with Crippen LogP contribution in [0.1, 0.15) is 35.1 Å². The summed E-state index contributed by atoms with van der Waals surface area (Å²) < 4.78 is 23.7. The number of rotatable bonds is 7. The third kappa shape index (κ3) is 5.49. The Morgan fingerprint density at radius 2 is 1.65 bits per heavy atom. The van der Waals surface area contributed by atoms with E-state index in [1.807, 2.05) is 6.07 Å². The first-order valence-electron chi connectivity index (χ1n) is 12.5. The number of aromatic nitrogens is 3. The zero-order valence-electron chi connectivity index (χ0n) is 21.4. The number of sulfonamides is 1. The van der Waals surface area contributed by atoms with E-state index in [1.54, 1.807) is 12.1 Å². The average molecular weight is 517 g/mol. The van der Waals surface area contributed by atoms with E-state index >= 15 is 0 Å². The summed E-state index contributed by atoms with van der Waals surface area (Å²) in [5.74, 6) is 0.454. The van der Waals surface area contributed by atoms with Crippen LogP contribution in [0, 0.1) is 20.8 Å². The largest absolute Gasteiger partial charge is 0.337 e. The van der Waals surface area contributed by atoms with E-state index in [-0.39, 0.29) is 11.1 Å². The second-order valence-corrected chi connectivity index (χ2v) is 11.4. The number of anilines is 1. The SMILES string of the molecule is Cc1cccc(C)c1-c1cc(C)c2nc(NC(Cc3cccc(S(N)(=O)=O)c3)N3CCCC3)nnc2c1. The van der Waals surface area contributed by atoms with Crippen molar-refractivity contribution < 1.29 is 8.42 Å². The number of primary sulfonamides is 1. The topological polar surface area (TPSA) is 114 Å². The number of benzene rings is 3. The van der Waals surface area contributed by atoms with E-state index in [9.17, 15) is 8.42 Å². The van der Waals surface area contributed by atoms with Gasteiger partial charge in [-0.25, -0.2) is 18.5 Å². The molecular formula is C28H32N6O2S. The quantitative estimate of drug-likeness (QED) is 0.375. The molecule has 1 unspecified atom stereocenters. The van der Waals surface area contributed by atoms with Crippen LogP contribution < -0.4 is 10.5 Å². The second-order valence-electron chi connectivity index (χ2n) is 9.86. The van der Waals surface area contributed by atoms with Crippen LogP contribution in [0.25, 0.3) is 22.2 Å². The van der Waals surface area contributed by atoms with Gasteiger partial charge in [0, 0.05) is 19.5 Å². The van der Waals surface area contributed by atoms with Gasteiger partial charge in [0.05, 0.1) is 16.6 Å². The number of nitrogens with zero attached hydrogens (tertiary/aromatic N) is 4. The first kappa shape index (κ1) is 25.3. The van der Waals surface area contributed by atoms with Crippen molar-refractivity contribution in [2.24, 2.45) is 5.14 Å². The minimum atomic E-state index is -3.77. The van der Waals surface area contributed by atoms with Gasteiger partial charge in [-0.3, -0.25) is 4.90 Å². The smallest absolute Gasteiger partial charge is 0.244 e. The molecule has 0 spiro atoms. The van der Waals surface area contributed by atoms with Crippen LogP contribution >= 0.6 is 0 Å². The van der Waals surface area contributed by atoms with Crippen molar-refractivity contribution in [2.45, 2.75) is 51.1 Å². The molecule has 0 aliphatic carbocycles. The predicted octanol–water partition coefficient (Wildman–Crippen LogP) is 4.34. The second kappa shape index (κ2) is 10.2. The number of nitrogens with one attached hydrogen (secondary N) is 1.